The van der Waals surface area contributed by atoms with Gasteiger partial charge in [-0.15, -0.1) is 0 Å². The van der Waals surface area contributed by atoms with Gasteiger partial charge in [0.05, 0.1) is 12.2 Å². The molecule has 0 aromatic carbocycles. The van der Waals surface area contributed by atoms with Crippen LogP contribution < -0.4 is 9.80 Å². The summed E-state index contributed by atoms with van der Waals surface area (Å²) in [5.74, 6) is 1.36. The van der Waals surface area contributed by atoms with Gasteiger partial charge >= 0.3 is 0 Å². The van der Waals surface area contributed by atoms with Gasteiger partial charge in [-0.25, -0.2) is 0 Å². The molecule has 1 aromatic heterocycles. The predicted molar refractivity (Wildman–Crippen MR) is 78.5 cm³/mol. The Labute approximate surface area is 124 Å². The van der Waals surface area contributed by atoms with Crippen LogP contribution >= 0.6 is 11.6 Å². The van der Waals surface area contributed by atoms with E-state index >= 15 is 0 Å². The number of halogens is 1. The standard InChI is InChI=1S/C13H20ClN5O/c1-9-7-19(8-10(2)20-9)13-16-11(14)15-12(17-13)18-5-3-4-6-18/h9-10H,3-8H2,1-2H3/t9-,10+. The number of hydrogen-bond donors (Lipinski definition) is 0. The highest BCUT2D eigenvalue weighted by Gasteiger charge is 2.26. The molecule has 7 heteroatoms. The first-order valence-electron chi connectivity index (χ1n) is 7.19. The first-order valence-corrected chi connectivity index (χ1v) is 7.56. The van der Waals surface area contributed by atoms with E-state index in [9.17, 15) is 0 Å². The molecule has 0 aliphatic carbocycles. The Morgan fingerprint density at radius 1 is 0.950 bits per heavy atom. The smallest absolute Gasteiger partial charge is 0.231 e. The molecule has 2 aliphatic heterocycles. The fourth-order valence-corrected chi connectivity index (χ4v) is 3.02. The maximum absolute atomic E-state index is 6.07. The van der Waals surface area contributed by atoms with Crippen LogP contribution in [0.5, 0.6) is 0 Å². The van der Waals surface area contributed by atoms with Crippen LogP contribution in [0.1, 0.15) is 26.7 Å². The van der Waals surface area contributed by atoms with Crippen LogP contribution in [0.2, 0.25) is 5.28 Å². The van der Waals surface area contributed by atoms with E-state index in [1.807, 2.05) is 0 Å². The molecule has 0 unspecified atom stereocenters. The summed E-state index contributed by atoms with van der Waals surface area (Å²) >= 11 is 6.07. The van der Waals surface area contributed by atoms with Crippen LogP contribution in [0.25, 0.3) is 0 Å². The van der Waals surface area contributed by atoms with Gasteiger partial charge in [0.25, 0.3) is 0 Å². The fraction of sp³-hybridized carbons (Fsp3) is 0.769. The van der Waals surface area contributed by atoms with Crippen molar-refractivity contribution in [1.29, 1.82) is 0 Å². The molecule has 1 aromatic rings. The van der Waals surface area contributed by atoms with Gasteiger partial charge in [-0.1, -0.05) is 0 Å². The van der Waals surface area contributed by atoms with Gasteiger partial charge in [0.2, 0.25) is 17.2 Å². The Morgan fingerprint density at radius 3 is 2.10 bits per heavy atom. The van der Waals surface area contributed by atoms with Crippen molar-refractivity contribution >= 4 is 23.5 Å². The Hall–Kier alpha value is -1.14. The Bertz CT molecular complexity index is 470. The maximum atomic E-state index is 6.07. The van der Waals surface area contributed by atoms with Crippen molar-refractivity contribution in [2.75, 3.05) is 36.0 Å². The average Bonchev–Trinajstić information content (AvgIpc) is 2.90. The van der Waals surface area contributed by atoms with E-state index in [0.717, 1.165) is 26.2 Å². The third-order valence-electron chi connectivity index (χ3n) is 3.68. The minimum Gasteiger partial charge on any atom is -0.372 e. The van der Waals surface area contributed by atoms with Gasteiger partial charge in [0.1, 0.15) is 0 Å². The summed E-state index contributed by atoms with van der Waals surface area (Å²) in [5, 5.41) is 0.267. The highest BCUT2D eigenvalue weighted by atomic mass is 35.5. The second kappa shape index (κ2) is 5.69. The van der Waals surface area contributed by atoms with E-state index < -0.39 is 0 Å². The minimum atomic E-state index is 0.171. The third-order valence-corrected chi connectivity index (χ3v) is 3.84. The Balaban J connectivity index is 1.85. The number of nitrogens with zero attached hydrogens (tertiary/aromatic N) is 5. The topological polar surface area (TPSA) is 54.4 Å². The minimum absolute atomic E-state index is 0.171. The van der Waals surface area contributed by atoms with Crippen LogP contribution in [0, 0.1) is 0 Å². The molecule has 6 nitrogen and oxygen atoms in total. The number of morpholine rings is 1. The summed E-state index contributed by atoms with van der Waals surface area (Å²) in [6, 6.07) is 0. The quantitative estimate of drug-likeness (QED) is 0.829. The molecule has 2 aliphatic rings. The highest BCUT2D eigenvalue weighted by Crippen LogP contribution is 2.22. The molecule has 2 atom stereocenters. The second-order valence-electron chi connectivity index (χ2n) is 5.56. The third kappa shape index (κ3) is 2.96. The lowest BCUT2D eigenvalue weighted by atomic mass is 10.2. The van der Waals surface area contributed by atoms with Crippen molar-refractivity contribution in [1.82, 2.24) is 15.0 Å². The number of anilines is 2. The van der Waals surface area contributed by atoms with Crippen LogP contribution in [0.15, 0.2) is 0 Å². The molecule has 3 heterocycles. The Kier molecular flexibility index (Phi) is 3.94. The fourth-order valence-electron chi connectivity index (χ4n) is 2.87. The molecule has 0 saturated carbocycles. The van der Waals surface area contributed by atoms with Gasteiger partial charge in [0, 0.05) is 26.2 Å². The number of rotatable bonds is 2. The zero-order valence-electron chi connectivity index (χ0n) is 11.9. The summed E-state index contributed by atoms with van der Waals surface area (Å²) in [5.41, 5.74) is 0. The normalized spacial score (nSPS) is 27.1. The van der Waals surface area contributed by atoms with Crippen molar-refractivity contribution < 1.29 is 4.74 Å². The number of aromatic nitrogens is 3. The molecular formula is C13H20ClN5O. The molecule has 20 heavy (non-hydrogen) atoms. The number of ether oxygens (including phenoxy) is 1. The lowest BCUT2D eigenvalue weighted by Crippen LogP contribution is -2.46. The van der Waals surface area contributed by atoms with Crippen LogP contribution in [0.4, 0.5) is 11.9 Å². The van der Waals surface area contributed by atoms with Crippen molar-refractivity contribution in [2.24, 2.45) is 0 Å². The van der Waals surface area contributed by atoms with E-state index in [-0.39, 0.29) is 17.5 Å². The van der Waals surface area contributed by atoms with Gasteiger partial charge in [-0.05, 0) is 38.3 Å². The van der Waals surface area contributed by atoms with Crippen LogP contribution in [-0.4, -0.2) is 53.3 Å². The zero-order valence-corrected chi connectivity index (χ0v) is 12.7. The van der Waals surface area contributed by atoms with Crippen molar-refractivity contribution in [2.45, 2.75) is 38.9 Å². The van der Waals surface area contributed by atoms with Gasteiger partial charge in [0.15, 0.2) is 0 Å². The van der Waals surface area contributed by atoms with Gasteiger partial charge < -0.3 is 14.5 Å². The SMILES string of the molecule is C[C@@H]1CN(c2nc(Cl)nc(N3CCCC3)n2)C[C@H](C)O1. The lowest BCUT2D eigenvalue weighted by molar-refractivity contribution is -0.00572. The van der Waals surface area contributed by atoms with Crippen molar-refractivity contribution in [3.05, 3.63) is 5.28 Å². The molecule has 0 radical (unpaired) electrons. The molecule has 3 rings (SSSR count). The summed E-state index contributed by atoms with van der Waals surface area (Å²) in [4.78, 5) is 17.4. The first-order chi connectivity index (χ1) is 9.61. The van der Waals surface area contributed by atoms with Gasteiger partial charge in [-0.2, -0.15) is 15.0 Å². The van der Waals surface area contributed by atoms with E-state index in [4.69, 9.17) is 16.3 Å². The summed E-state index contributed by atoms with van der Waals surface area (Å²) in [6.45, 7) is 7.68. The molecule has 2 fully saturated rings. The van der Waals surface area contributed by atoms with E-state index in [0.29, 0.717) is 11.9 Å². The Morgan fingerprint density at radius 2 is 1.50 bits per heavy atom. The largest absolute Gasteiger partial charge is 0.372 e. The summed E-state index contributed by atoms with van der Waals surface area (Å²) in [6.07, 6.45) is 2.71. The van der Waals surface area contributed by atoms with E-state index in [1.165, 1.54) is 12.8 Å². The molecule has 0 bridgehead atoms. The van der Waals surface area contributed by atoms with E-state index in [2.05, 4.69) is 38.6 Å². The molecule has 0 N–H and O–H groups in total. The highest BCUT2D eigenvalue weighted by molar-refractivity contribution is 6.28. The van der Waals surface area contributed by atoms with Crippen molar-refractivity contribution in [3.63, 3.8) is 0 Å². The van der Waals surface area contributed by atoms with Crippen LogP contribution in [-0.2, 0) is 4.74 Å². The monoisotopic (exact) mass is 297 g/mol. The molecule has 2 saturated heterocycles. The van der Waals surface area contributed by atoms with E-state index in [1.54, 1.807) is 0 Å². The average molecular weight is 298 g/mol. The maximum Gasteiger partial charge on any atom is 0.231 e. The summed E-state index contributed by atoms with van der Waals surface area (Å²) < 4.78 is 5.74. The second-order valence-corrected chi connectivity index (χ2v) is 5.90. The predicted octanol–water partition coefficient (Wildman–Crippen LogP) is 1.74. The van der Waals surface area contributed by atoms with Crippen molar-refractivity contribution in [3.8, 4) is 0 Å². The number of hydrogen-bond acceptors (Lipinski definition) is 6. The van der Waals surface area contributed by atoms with Gasteiger partial charge in [-0.3, -0.25) is 0 Å². The molecule has 110 valence electrons. The first kappa shape index (κ1) is 13.8. The summed E-state index contributed by atoms with van der Waals surface area (Å²) in [7, 11) is 0. The lowest BCUT2D eigenvalue weighted by Gasteiger charge is -2.35. The molecule has 0 amide bonds. The molecular weight excluding hydrogens is 278 g/mol. The zero-order chi connectivity index (χ0) is 14.1. The molecule has 0 spiro atoms. The van der Waals surface area contributed by atoms with Crippen LogP contribution in [0.3, 0.4) is 0 Å².